The number of amides is 1. The number of halogens is 1. The molecule has 0 unspecified atom stereocenters. The summed E-state index contributed by atoms with van der Waals surface area (Å²) < 4.78 is 19.5. The van der Waals surface area contributed by atoms with Crippen molar-refractivity contribution < 1.29 is 13.9 Å². The molecule has 1 amide bonds. The minimum Gasteiger partial charge on any atom is -0.491 e. The molecule has 1 aliphatic carbocycles. The Morgan fingerprint density at radius 1 is 1.36 bits per heavy atom. The molecule has 0 bridgehead atoms. The molecule has 0 fully saturated rings. The Balaban J connectivity index is 1.70. The first-order valence-electron chi connectivity index (χ1n) is 8.42. The normalized spacial score (nSPS) is 13.0. The summed E-state index contributed by atoms with van der Waals surface area (Å²) in [6.07, 6.45) is 3.84. The number of carbonyl (C=O) groups excluding carboxylic acids is 1. The molecule has 0 saturated heterocycles. The van der Waals surface area contributed by atoms with Crippen LogP contribution in [0.3, 0.4) is 0 Å². The molecular weight excluding hydrogens is 323 g/mol. The number of hydrogen-bond donors (Lipinski definition) is 2. The SMILES string of the molecule is CC(C)Oc1ccc(CNC(=O)c2c[nH]c3c(c2=O)CCC3)c(F)c1. The minimum absolute atomic E-state index is 0.00312. The van der Waals surface area contributed by atoms with Gasteiger partial charge in [0.15, 0.2) is 5.43 Å². The van der Waals surface area contributed by atoms with Crippen LogP contribution in [0.4, 0.5) is 4.39 Å². The summed E-state index contributed by atoms with van der Waals surface area (Å²) >= 11 is 0. The van der Waals surface area contributed by atoms with E-state index in [2.05, 4.69) is 10.3 Å². The van der Waals surface area contributed by atoms with E-state index in [1.807, 2.05) is 13.8 Å². The van der Waals surface area contributed by atoms with Crippen molar-refractivity contribution in [3.05, 3.63) is 62.8 Å². The Kier molecular flexibility index (Phi) is 4.88. The summed E-state index contributed by atoms with van der Waals surface area (Å²) in [5.74, 6) is -0.517. The highest BCUT2D eigenvalue weighted by Gasteiger charge is 2.20. The van der Waals surface area contributed by atoms with Gasteiger partial charge in [-0.1, -0.05) is 6.07 Å². The molecule has 0 aliphatic heterocycles. The number of aromatic amines is 1. The van der Waals surface area contributed by atoms with Gasteiger partial charge < -0.3 is 15.0 Å². The molecule has 1 aromatic carbocycles. The molecule has 0 radical (unpaired) electrons. The number of rotatable bonds is 5. The maximum absolute atomic E-state index is 14.1. The van der Waals surface area contributed by atoms with Crippen molar-refractivity contribution in [2.24, 2.45) is 0 Å². The third-order valence-corrected chi connectivity index (χ3v) is 4.21. The van der Waals surface area contributed by atoms with Crippen LogP contribution in [0.5, 0.6) is 5.75 Å². The average molecular weight is 344 g/mol. The first-order chi connectivity index (χ1) is 12.0. The van der Waals surface area contributed by atoms with Crippen LogP contribution in [0.2, 0.25) is 0 Å². The van der Waals surface area contributed by atoms with Crippen LogP contribution in [0, 0.1) is 5.82 Å². The maximum Gasteiger partial charge on any atom is 0.257 e. The summed E-state index contributed by atoms with van der Waals surface area (Å²) in [6, 6.07) is 4.52. The fourth-order valence-electron chi connectivity index (χ4n) is 3.00. The number of carbonyl (C=O) groups is 1. The number of pyridine rings is 1. The van der Waals surface area contributed by atoms with Crippen molar-refractivity contribution in [1.29, 1.82) is 0 Å². The van der Waals surface area contributed by atoms with Gasteiger partial charge in [0.1, 0.15) is 17.1 Å². The van der Waals surface area contributed by atoms with E-state index in [0.717, 1.165) is 18.5 Å². The van der Waals surface area contributed by atoms with Gasteiger partial charge in [-0.05, 0) is 39.2 Å². The number of hydrogen-bond acceptors (Lipinski definition) is 3. The van der Waals surface area contributed by atoms with E-state index in [4.69, 9.17) is 4.74 Å². The second-order valence-corrected chi connectivity index (χ2v) is 6.44. The molecule has 25 heavy (non-hydrogen) atoms. The molecule has 1 aromatic heterocycles. The topological polar surface area (TPSA) is 71.2 Å². The molecule has 1 heterocycles. The lowest BCUT2D eigenvalue weighted by molar-refractivity contribution is 0.0949. The van der Waals surface area contributed by atoms with E-state index in [-0.39, 0.29) is 23.6 Å². The van der Waals surface area contributed by atoms with Crippen molar-refractivity contribution in [1.82, 2.24) is 10.3 Å². The minimum atomic E-state index is -0.502. The average Bonchev–Trinajstić information content (AvgIpc) is 3.03. The lowest BCUT2D eigenvalue weighted by Gasteiger charge is -2.11. The number of benzene rings is 1. The number of nitrogens with one attached hydrogen (secondary N) is 2. The zero-order valence-corrected chi connectivity index (χ0v) is 14.3. The second-order valence-electron chi connectivity index (χ2n) is 6.44. The van der Waals surface area contributed by atoms with Crippen LogP contribution >= 0.6 is 0 Å². The third kappa shape index (κ3) is 3.73. The van der Waals surface area contributed by atoms with Gasteiger partial charge in [-0.3, -0.25) is 9.59 Å². The van der Waals surface area contributed by atoms with Crippen molar-refractivity contribution in [2.45, 2.75) is 45.8 Å². The van der Waals surface area contributed by atoms with Gasteiger partial charge in [-0.2, -0.15) is 0 Å². The molecule has 0 atom stereocenters. The smallest absolute Gasteiger partial charge is 0.257 e. The van der Waals surface area contributed by atoms with Crippen LogP contribution in [0.1, 0.15) is 47.4 Å². The number of ether oxygens (including phenoxy) is 1. The Labute approximate surface area is 145 Å². The molecule has 3 rings (SSSR count). The molecule has 5 nitrogen and oxygen atoms in total. The zero-order chi connectivity index (χ0) is 18.0. The van der Waals surface area contributed by atoms with Crippen molar-refractivity contribution in [2.75, 3.05) is 0 Å². The lowest BCUT2D eigenvalue weighted by Crippen LogP contribution is -2.30. The standard InChI is InChI=1S/C19H21FN2O3/c1-11(2)25-13-7-6-12(16(20)8-13)9-22-19(24)15-10-21-17-5-3-4-14(17)18(15)23/h6-8,10-11H,3-5,9H2,1-2H3,(H,21,23)(H,22,24). The highest BCUT2D eigenvalue weighted by molar-refractivity contribution is 5.94. The lowest BCUT2D eigenvalue weighted by atomic mass is 10.1. The molecule has 2 aromatic rings. The predicted octanol–water partition coefficient (Wildman–Crippen LogP) is 2.72. The van der Waals surface area contributed by atoms with E-state index in [9.17, 15) is 14.0 Å². The van der Waals surface area contributed by atoms with E-state index < -0.39 is 11.7 Å². The second kappa shape index (κ2) is 7.09. The van der Waals surface area contributed by atoms with Gasteiger partial charge in [-0.15, -0.1) is 0 Å². The van der Waals surface area contributed by atoms with Crippen molar-refractivity contribution in [3.63, 3.8) is 0 Å². The number of fused-ring (bicyclic) bond motifs is 1. The first-order valence-corrected chi connectivity index (χ1v) is 8.42. The van der Waals surface area contributed by atoms with Gasteiger partial charge in [0.05, 0.1) is 6.10 Å². The molecule has 6 heteroatoms. The first kappa shape index (κ1) is 17.2. The number of aromatic nitrogens is 1. The summed E-state index contributed by atoms with van der Waals surface area (Å²) in [7, 11) is 0. The van der Waals surface area contributed by atoms with Crippen LogP contribution in [-0.4, -0.2) is 17.0 Å². The van der Waals surface area contributed by atoms with Gasteiger partial charge >= 0.3 is 0 Å². The Bertz CT molecular complexity index is 858. The van der Waals surface area contributed by atoms with Crippen LogP contribution in [0.25, 0.3) is 0 Å². The van der Waals surface area contributed by atoms with Crippen molar-refractivity contribution in [3.8, 4) is 5.75 Å². The number of H-pyrrole nitrogens is 1. The molecule has 0 spiro atoms. The monoisotopic (exact) mass is 344 g/mol. The van der Waals surface area contributed by atoms with E-state index in [0.29, 0.717) is 23.3 Å². The van der Waals surface area contributed by atoms with E-state index >= 15 is 0 Å². The molecule has 0 saturated carbocycles. The highest BCUT2D eigenvalue weighted by Crippen LogP contribution is 2.18. The predicted molar refractivity (Wildman–Crippen MR) is 92.4 cm³/mol. The fourth-order valence-corrected chi connectivity index (χ4v) is 3.00. The molecule has 1 aliphatic rings. The molecular formula is C19H21FN2O3. The Morgan fingerprint density at radius 2 is 2.16 bits per heavy atom. The third-order valence-electron chi connectivity index (χ3n) is 4.21. The summed E-state index contributed by atoms with van der Waals surface area (Å²) in [5, 5.41) is 2.61. The number of aryl methyl sites for hydroxylation is 1. The van der Waals surface area contributed by atoms with E-state index in [1.54, 1.807) is 12.1 Å². The quantitative estimate of drug-likeness (QED) is 0.876. The molecule has 2 N–H and O–H groups in total. The van der Waals surface area contributed by atoms with Crippen molar-refractivity contribution >= 4 is 5.91 Å². The molecule has 132 valence electrons. The maximum atomic E-state index is 14.1. The summed E-state index contributed by atoms with van der Waals surface area (Å²) in [5.41, 5.74) is 1.77. The van der Waals surface area contributed by atoms with Gasteiger partial charge in [0.25, 0.3) is 5.91 Å². The van der Waals surface area contributed by atoms with Gasteiger partial charge in [-0.25, -0.2) is 4.39 Å². The fraction of sp³-hybridized carbons (Fsp3) is 0.368. The summed E-state index contributed by atoms with van der Waals surface area (Å²) in [6.45, 7) is 3.73. The highest BCUT2D eigenvalue weighted by atomic mass is 19.1. The van der Waals surface area contributed by atoms with Crippen LogP contribution < -0.4 is 15.5 Å². The van der Waals surface area contributed by atoms with Gasteiger partial charge in [0, 0.05) is 35.6 Å². The van der Waals surface area contributed by atoms with Crippen LogP contribution in [-0.2, 0) is 19.4 Å². The van der Waals surface area contributed by atoms with Crippen LogP contribution in [0.15, 0.2) is 29.2 Å². The summed E-state index contributed by atoms with van der Waals surface area (Å²) in [4.78, 5) is 27.7. The zero-order valence-electron chi connectivity index (χ0n) is 14.3. The largest absolute Gasteiger partial charge is 0.491 e. The van der Waals surface area contributed by atoms with Gasteiger partial charge in [0.2, 0.25) is 0 Å². The Morgan fingerprint density at radius 3 is 2.88 bits per heavy atom. The van der Waals surface area contributed by atoms with E-state index in [1.165, 1.54) is 12.3 Å². The Hall–Kier alpha value is -2.63.